The van der Waals surface area contributed by atoms with Crippen molar-refractivity contribution in [3.05, 3.63) is 88.6 Å². The molecule has 12 nitrogen and oxygen atoms in total. The van der Waals surface area contributed by atoms with Crippen LogP contribution in [0.1, 0.15) is 53.4 Å². The van der Waals surface area contributed by atoms with Gasteiger partial charge in [-0.2, -0.15) is 0 Å². The van der Waals surface area contributed by atoms with Crippen molar-refractivity contribution in [2.45, 2.75) is 46.6 Å². The van der Waals surface area contributed by atoms with Gasteiger partial charge in [-0.25, -0.2) is 17.9 Å². The zero-order chi connectivity index (χ0) is 32.2. The zero-order valence-electron chi connectivity index (χ0n) is 25.7. The highest BCUT2D eigenvalue weighted by Crippen LogP contribution is 2.39. The Morgan fingerprint density at radius 2 is 1.68 bits per heavy atom. The Balaban J connectivity index is 1.59. The fourth-order valence-corrected chi connectivity index (χ4v) is 4.92. The highest BCUT2D eigenvalue weighted by molar-refractivity contribution is 7.92. The van der Waals surface area contributed by atoms with E-state index < -0.39 is 22.0 Å². The molecule has 4 aromatic rings. The molecule has 1 heterocycles. The number of carbonyl (C=O) groups is 2. The first-order valence-electron chi connectivity index (χ1n) is 13.7. The molecule has 2 amide bonds. The minimum Gasteiger partial charge on any atom is -0.492 e. The average Bonchev–Trinajstić information content (AvgIpc) is 3.40. The van der Waals surface area contributed by atoms with Crippen molar-refractivity contribution in [1.29, 1.82) is 0 Å². The van der Waals surface area contributed by atoms with E-state index in [1.165, 1.54) is 18.0 Å². The number of nitrogens with one attached hydrogen (secondary N) is 3. The molecular formula is C31H36N6O6S. The summed E-state index contributed by atoms with van der Waals surface area (Å²) >= 11 is 0. The van der Waals surface area contributed by atoms with E-state index in [1.54, 1.807) is 24.3 Å². The maximum Gasteiger partial charge on any atom is 0.414 e. The van der Waals surface area contributed by atoms with Crippen LogP contribution in [0.2, 0.25) is 0 Å². The maximum atomic E-state index is 13.6. The number of amides is 2. The smallest absolute Gasteiger partial charge is 0.414 e. The van der Waals surface area contributed by atoms with Crippen LogP contribution >= 0.6 is 0 Å². The standard InChI is InChI=1S/C31H36N6O6S/c1-19-13-22(29(38)33-24-15-23(31(3,4)5)16-25(28(24)42-6)35-44(7,40)41)14-26(20(19)2)37-18-27(34-36-37)43-30(39)32-17-21-11-9-8-10-12-21/h8-16,18,35H,17H2,1-7H3,(H,32,39)(H,33,38). The lowest BCUT2D eigenvalue weighted by Crippen LogP contribution is -2.26. The molecule has 3 N–H and O–H groups in total. The molecule has 4 rings (SSSR count). The number of sulfonamides is 1. The first kappa shape index (κ1) is 32.0. The van der Waals surface area contributed by atoms with Gasteiger partial charge in [-0.15, -0.1) is 0 Å². The molecule has 0 fully saturated rings. The van der Waals surface area contributed by atoms with Crippen molar-refractivity contribution in [1.82, 2.24) is 20.3 Å². The third-order valence-electron chi connectivity index (χ3n) is 6.80. The predicted molar refractivity (Wildman–Crippen MR) is 168 cm³/mol. The highest BCUT2D eigenvalue weighted by atomic mass is 32.2. The summed E-state index contributed by atoms with van der Waals surface area (Å²) in [4.78, 5) is 25.9. The van der Waals surface area contributed by atoms with Crippen molar-refractivity contribution in [3.63, 3.8) is 0 Å². The average molecular weight is 621 g/mol. The number of benzene rings is 3. The number of nitrogens with zero attached hydrogens (tertiary/aromatic N) is 3. The van der Waals surface area contributed by atoms with Crippen LogP contribution in [0.5, 0.6) is 11.6 Å². The summed E-state index contributed by atoms with van der Waals surface area (Å²) in [7, 11) is -2.23. The van der Waals surface area contributed by atoms with Gasteiger partial charge in [0.2, 0.25) is 10.0 Å². The Morgan fingerprint density at radius 1 is 1.00 bits per heavy atom. The minimum absolute atomic E-state index is 0.0166. The SMILES string of the molecule is COc1c(NC(=O)c2cc(C)c(C)c(-n3cc(OC(=O)NCc4ccccc4)nn3)c2)cc(C(C)(C)C)cc1NS(C)(=O)=O. The molecule has 3 aromatic carbocycles. The van der Waals surface area contributed by atoms with Crippen LogP contribution in [0.15, 0.2) is 60.8 Å². The Kier molecular flexibility index (Phi) is 9.28. The van der Waals surface area contributed by atoms with Gasteiger partial charge in [-0.3, -0.25) is 9.52 Å². The molecule has 0 aliphatic rings. The second-order valence-corrected chi connectivity index (χ2v) is 13.1. The molecule has 44 heavy (non-hydrogen) atoms. The van der Waals surface area contributed by atoms with Crippen LogP contribution in [0, 0.1) is 13.8 Å². The number of hydrogen-bond acceptors (Lipinski definition) is 8. The molecule has 13 heteroatoms. The van der Waals surface area contributed by atoms with Crippen molar-refractivity contribution in [2.75, 3.05) is 23.4 Å². The molecule has 0 atom stereocenters. The second kappa shape index (κ2) is 12.8. The van der Waals surface area contributed by atoms with Gasteiger partial charge in [-0.1, -0.05) is 61.4 Å². The summed E-state index contributed by atoms with van der Waals surface area (Å²) < 4.78 is 38.9. The molecular weight excluding hydrogens is 584 g/mol. The lowest BCUT2D eigenvalue weighted by Gasteiger charge is -2.24. The number of hydrogen-bond donors (Lipinski definition) is 3. The number of ether oxygens (including phenoxy) is 2. The predicted octanol–water partition coefficient (Wildman–Crippen LogP) is 5.10. The van der Waals surface area contributed by atoms with Gasteiger partial charge in [0.25, 0.3) is 11.8 Å². The van der Waals surface area contributed by atoms with Gasteiger partial charge in [0.15, 0.2) is 5.75 Å². The summed E-state index contributed by atoms with van der Waals surface area (Å²) in [6.07, 6.45) is 1.81. The quantitative estimate of drug-likeness (QED) is 0.234. The maximum absolute atomic E-state index is 13.6. The lowest BCUT2D eigenvalue weighted by atomic mass is 9.86. The Labute approximate surface area is 256 Å². The fourth-order valence-electron chi connectivity index (χ4n) is 4.37. The van der Waals surface area contributed by atoms with Crippen LogP contribution < -0.4 is 24.8 Å². The number of carbonyl (C=O) groups excluding carboxylic acids is 2. The van der Waals surface area contributed by atoms with Crippen LogP contribution in [0.25, 0.3) is 5.69 Å². The summed E-state index contributed by atoms with van der Waals surface area (Å²) in [6.45, 7) is 9.95. The Morgan fingerprint density at radius 3 is 2.32 bits per heavy atom. The zero-order valence-corrected chi connectivity index (χ0v) is 26.5. The minimum atomic E-state index is -3.63. The van der Waals surface area contributed by atoms with Crippen LogP contribution in [-0.4, -0.2) is 48.8 Å². The summed E-state index contributed by atoms with van der Waals surface area (Å²) in [5.41, 5.74) is 4.34. The largest absolute Gasteiger partial charge is 0.492 e. The summed E-state index contributed by atoms with van der Waals surface area (Å²) in [5.74, 6) is -0.303. The Bertz CT molecular complexity index is 1800. The van der Waals surface area contributed by atoms with E-state index in [-0.39, 0.29) is 22.7 Å². The van der Waals surface area contributed by atoms with Crippen LogP contribution in [0.4, 0.5) is 16.2 Å². The molecule has 1 aromatic heterocycles. The lowest BCUT2D eigenvalue weighted by molar-refractivity contribution is 0.102. The van der Waals surface area contributed by atoms with Crippen molar-refractivity contribution in [3.8, 4) is 17.3 Å². The van der Waals surface area contributed by atoms with Gasteiger partial charge in [0.1, 0.15) is 0 Å². The molecule has 0 unspecified atom stereocenters. The van der Waals surface area contributed by atoms with E-state index in [9.17, 15) is 18.0 Å². The van der Waals surface area contributed by atoms with E-state index in [2.05, 4.69) is 25.7 Å². The molecule has 0 spiro atoms. The number of rotatable bonds is 9. The molecule has 0 bridgehead atoms. The third kappa shape index (κ3) is 7.92. The third-order valence-corrected chi connectivity index (χ3v) is 7.39. The van der Waals surface area contributed by atoms with E-state index in [0.29, 0.717) is 23.5 Å². The van der Waals surface area contributed by atoms with Crippen molar-refractivity contribution < 1.29 is 27.5 Å². The van der Waals surface area contributed by atoms with Crippen molar-refractivity contribution >= 4 is 33.4 Å². The fraction of sp³-hybridized carbons (Fsp3) is 0.290. The normalized spacial score (nSPS) is 11.5. The van der Waals surface area contributed by atoms with Crippen LogP contribution in [0.3, 0.4) is 0 Å². The molecule has 0 saturated heterocycles. The summed E-state index contributed by atoms with van der Waals surface area (Å²) in [5, 5.41) is 13.6. The number of aryl methyl sites for hydroxylation is 1. The summed E-state index contributed by atoms with van der Waals surface area (Å²) in [6, 6.07) is 16.2. The number of methoxy groups -OCH3 is 1. The van der Waals surface area contributed by atoms with Gasteiger partial charge in [-0.05, 0) is 65.8 Å². The molecule has 232 valence electrons. The van der Waals surface area contributed by atoms with E-state index in [4.69, 9.17) is 9.47 Å². The monoisotopic (exact) mass is 620 g/mol. The first-order chi connectivity index (χ1) is 20.6. The van der Waals surface area contributed by atoms with Gasteiger partial charge in [0, 0.05) is 12.1 Å². The van der Waals surface area contributed by atoms with Crippen LogP contribution in [-0.2, 0) is 22.0 Å². The second-order valence-electron chi connectivity index (χ2n) is 11.4. The topological polar surface area (TPSA) is 154 Å². The molecule has 0 aliphatic heterocycles. The number of aromatic nitrogens is 3. The van der Waals surface area contributed by atoms with Gasteiger partial charge >= 0.3 is 6.09 Å². The van der Waals surface area contributed by atoms with E-state index in [1.807, 2.05) is 65.0 Å². The van der Waals surface area contributed by atoms with Gasteiger partial charge < -0.3 is 20.1 Å². The van der Waals surface area contributed by atoms with Gasteiger partial charge in [0.05, 0.1) is 36.6 Å². The molecule has 0 saturated carbocycles. The van der Waals surface area contributed by atoms with E-state index >= 15 is 0 Å². The van der Waals surface area contributed by atoms with Crippen molar-refractivity contribution in [2.24, 2.45) is 0 Å². The number of anilines is 2. The molecule has 0 radical (unpaired) electrons. The highest BCUT2D eigenvalue weighted by Gasteiger charge is 2.23. The van der Waals surface area contributed by atoms with E-state index in [0.717, 1.165) is 28.5 Å². The Hall–Kier alpha value is -4.91. The first-order valence-corrected chi connectivity index (χ1v) is 15.6. The molecule has 0 aliphatic carbocycles.